The monoisotopic (exact) mass is 334 g/mol. The lowest BCUT2D eigenvalue weighted by atomic mass is 10.1. The average Bonchev–Trinajstić information content (AvgIpc) is 2.45. The van der Waals surface area contributed by atoms with Gasteiger partial charge in [-0.15, -0.1) is 0 Å². The highest BCUT2D eigenvalue weighted by atomic mass is 35.5. The number of halogens is 1. The second kappa shape index (κ2) is 6.96. The van der Waals surface area contributed by atoms with Crippen molar-refractivity contribution in [3.05, 3.63) is 41.0 Å². The molecule has 0 saturated heterocycles. The summed E-state index contributed by atoms with van der Waals surface area (Å²) in [4.78, 5) is 27.9. The van der Waals surface area contributed by atoms with Gasteiger partial charge in [-0.25, -0.2) is 0 Å². The van der Waals surface area contributed by atoms with Crippen LogP contribution in [-0.2, 0) is 9.53 Å². The number of pyridine rings is 1. The van der Waals surface area contributed by atoms with Crippen LogP contribution in [0.15, 0.2) is 30.5 Å². The van der Waals surface area contributed by atoms with Crippen molar-refractivity contribution in [1.82, 2.24) is 10.3 Å². The number of carbonyl (C=O) groups excluding carboxylic acids is 2. The number of benzene rings is 1. The Labute approximate surface area is 140 Å². The van der Waals surface area contributed by atoms with Gasteiger partial charge in [0.05, 0.1) is 17.0 Å². The van der Waals surface area contributed by atoms with Crippen molar-refractivity contribution in [2.45, 2.75) is 32.8 Å². The molecule has 2 rings (SSSR count). The van der Waals surface area contributed by atoms with E-state index in [1.165, 1.54) is 0 Å². The van der Waals surface area contributed by atoms with Crippen molar-refractivity contribution < 1.29 is 14.3 Å². The number of hydrogen-bond acceptors (Lipinski definition) is 4. The van der Waals surface area contributed by atoms with Crippen LogP contribution in [0.1, 0.15) is 37.6 Å². The van der Waals surface area contributed by atoms with E-state index in [0.29, 0.717) is 16.1 Å². The summed E-state index contributed by atoms with van der Waals surface area (Å²) in [6, 6.07) is 6.81. The molecule has 122 valence electrons. The minimum Gasteiger partial charge on any atom is -0.460 e. The van der Waals surface area contributed by atoms with Crippen molar-refractivity contribution in [3.63, 3.8) is 0 Å². The van der Waals surface area contributed by atoms with Crippen LogP contribution in [0.3, 0.4) is 0 Å². The minimum atomic E-state index is -0.523. The van der Waals surface area contributed by atoms with Crippen molar-refractivity contribution in [1.29, 1.82) is 0 Å². The SMILES string of the molecule is CC(C)(C)OC(=O)CCNC(=O)c1ccc2c(Cl)ccnc2c1. The van der Waals surface area contributed by atoms with Crippen LogP contribution in [-0.4, -0.2) is 29.0 Å². The first kappa shape index (κ1) is 17.2. The van der Waals surface area contributed by atoms with Gasteiger partial charge < -0.3 is 10.1 Å². The Morgan fingerprint density at radius 3 is 2.70 bits per heavy atom. The molecule has 1 heterocycles. The second-order valence-corrected chi connectivity index (χ2v) is 6.52. The zero-order valence-electron chi connectivity index (χ0n) is 13.4. The van der Waals surface area contributed by atoms with Gasteiger partial charge in [0.15, 0.2) is 0 Å². The molecular formula is C17H19ClN2O3. The van der Waals surface area contributed by atoms with E-state index in [1.54, 1.807) is 51.2 Å². The van der Waals surface area contributed by atoms with Gasteiger partial charge in [-0.2, -0.15) is 0 Å². The van der Waals surface area contributed by atoms with Crippen molar-refractivity contribution >= 4 is 34.4 Å². The van der Waals surface area contributed by atoms with E-state index in [2.05, 4.69) is 10.3 Å². The molecule has 0 aliphatic rings. The number of carbonyl (C=O) groups is 2. The van der Waals surface area contributed by atoms with E-state index in [-0.39, 0.29) is 24.8 Å². The summed E-state index contributed by atoms with van der Waals surface area (Å²) >= 11 is 6.07. The Morgan fingerprint density at radius 2 is 2.00 bits per heavy atom. The molecule has 0 aliphatic carbocycles. The molecule has 0 aliphatic heterocycles. The maximum atomic E-state index is 12.1. The summed E-state index contributed by atoms with van der Waals surface area (Å²) in [5.41, 5.74) is 0.596. The lowest BCUT2D eigenvalue weighted by molar-refractivity contribution is -0.154. The maximum absolute atomic E-state index is 12.1. The van der Waals surface area contributed by atoms with Gasteiger partial charge in [0.2, 0.25) is 0 Å². The summed E-state index contributed by atoms with van der Waals surface area (Å²) in [7, 11) is 0. The highest BCUT2D eigenvalue weighted by molar-refractivity contribution is 6.35. The first-order valence-corrected chi connectivity index (χ1v) is 7.68. The number of nitrogens with one attached hydrogen (secondary N) is 1. The molecule has 1 aromatic heterocycles. The predicted octanol–water partition coefficient (Wildman–Crippen LogP) is 3.35. The predicted molar refractivity (Wildman–Crippen MR) is 89.5 cm³/mol. The van der Waals surface area contributed by atoms with E-state index in [1.807, 2.05) is 0 Å². The second-order valence-electron chi connectivity index (χ2n) is 6.12. The van der Waals surface area contributed by atoms with E-state index in [4.69, 9.17) is 16.3 Å². The third-order valence-electron chi connectivity index (χ3n) is 2.99. The standard InChI is InChI=1S/C17H19ClN2O3/c1-17(2,3)23-15(21)7-9-20-16(22)11-4-5-12-13(18)6-8-19-14(12)10-11/h4-6,8,10H,7,9H2,1-3H3,(H,20,22). The summed E-state index contributed by atoms with van der Waals surface area (Å²) in [6.07, 6.45) is 1.72. The van der Waals surface area contributed by atoms with Crippen molar-refractivity contribution in [2.24, 2.45) is 0 Å². The van der Waals surface area contributed by atoms with Crippen molar-refractivity contribution in [2.75, 3.05) is 6.54 Å². The zero-order valence-corrected chi connectivity index (χ0v) is 14.1. The molecule has 0 atom stereocenters. The lowest BCUT2D eigenvalue weighted by Gasteiger charge is -2.19. The molecule has 6 heteroatoms. The molecule has 0 saturated carbocycles. The van der Waals surface area contributed by atoms with Crippen LogP contribution >= 0.6 is 11.6 Å². The van der Waals surface area contributed by atoms with E-state index in [9.17, 15) is 9.59 Å². The maximum Gasteiger partial charge on any atom is 0.308 e. The lowest BCUT2D eigenvalue weighted by Crippen LogP contribution is -2.29. The largest absolute Gasteiger partial charge is 0.460 e. The number of amides is 1. The van der Waals surface area contributed by atoms with Gasteiger partial charge in [-0.05, 0) is 39.0 Å². The summed E-state index contributed by atoms with van der Waals surface area (Å²) in [5.74, 6) is -0.609. The molecule has 0 bridgehead atoms. The molecule has 23 heavy (non-hydrogen) atoms. The highest BCUT2D eigenvalue weighted by Gasteiger charge is 2.16. The smallest absolute Gasteiger partial charge is 0.308 e. The number of fused-ring (bicyclic) bond motifs is 1. The fraction of sp³-hybridized carbons (Fsp3) is 0.353. The number of hydrogen-bond donors (Lipinski definition) is 1. The first-order chi connectivity index (χ1) is 10.8. The molecule has 5 nitrogen and oxygen atoms in total. The third kappa shape index (κ3) is 4.93. The van der Waals surface area contributed by atoms with Crippen molar-refractivity contribution in [3.8, 4) is 0 Å². The van der Waals surface area contributed by atoms with Gasteiger partial charge in [-0.3, -0.25) is 14.6 Å². The molecule has 1 aromatic carbocycles. The average molecular weight is 335 g/mol. The van der Waals surface area contributed by atoms with Crippen LogP contribution in [0.5, 0.6) is 0 Å². The van der Waals surface area contributed by atoms with E-state index in [0.717, 1.165) is 5.39 Å². The van der Waals surface area contributed by atoms with Crippen LogP contribution in [0.25, 0.3) is 10.9 Å². The quantitative estimate of drug-likeness (QED) is 0.871. The normalized spacial score (nSPS) is 11.3. The Balaban J connectivity index is 1.95. The number of ether oxygens (including phenoxy) is 1. The molecule has 0 unspecified atom stereocenters. The fourth-order valence-corrected chi connectivity index (χ4v) is 2.24. The fourth-order valence-electron chi connectivity index (χ4n) is 2.03. The van der Waals surface area contributed by atoms with Gasteiger partial charge in [-0.1, -0.05) is 17.7 Å². The third-order valence-corrected chi connectivity index (χ3v) is 3.32. The van der Waals surface area contributed by atoms with E-state index < -0.39 is 5.60 Å². The summed E-state index contributed by atoms with van der Waals surface area (Å²) < 4.78 is 5.18. The van der Waals surface area contributed by atoms with Crippen LogP contribution < -0.4 is 5.32 Å². The Kier molecular flexibility index (Phi) is 5.21. The van der Waals surface area contributed by atoms with E-state index >= 15 is 0 Å². The number of nitrogens with zero attached hydrogens (tertiary/aromatic N) is 1. The van der Waals surface area contributed by atoms with Crippen LogP contribution in [0.4, 0.5) is 0 Å². The molecule has 1 amide bonds. The number of aromatic nitrogens is 1. The van der Waals surface area contributed by atoms with Gasteiger partial charge in [0.1, 0.15) is 5.60 Å². The topological polar surface area (TPSA) is 68.3 Å². The molecule has 0 radical (unpaired) electrons. The van der Waals surface area contributed by atoms with Crippen LogP contribution in [0.2, 0.25) is 5.02 Å². The Morgan fingerprint density at radius 1 is 1.26 bits per heavy atom. The van der Waals surface area contributed by atoms with Gasteiger partial charge in [0.25, 0.3) is 5.91 Å². The summed E-state index contributed by atoms with van der Waals surface area (Å²) in [5, 5.41) is 4.08. The summed E-state index contributed by atoms with van der Waals surface area (Å²) in [6.45, 7) is 5.62. The molecule has 2 aromatic rings. The molecular weight excluding hydrogens is 316 g/mol. The zero-order chi connectivity index (χ0) is 17.0. The molecule has 0 spiro atoms. The first-order valence-electron chi connectivity index (χ1n) is 7.30. The minimum absolute atomic E-state index is 0.126. The Hall–Kier alpha value is -2.14. The Bertz CT molecular complexity index is 738. The van der Waals surface area contributed by atoms with Crippen LogP contribution in [0, 0.1) is 0 Å². The number of rotatable bonds is 4. The van der Waals surface area contributed by atoms with Gasteiger partial charge in [0, 0.05) is 23.7 Å². The van der Waals surface area contributed by atoms with Gasteiger partial charge >= 0.3 is 5.97 Å². The molecule has 1 N–H and O–H groups in total. The molecule has 0 fully saturated rings. The number of esters is 1. The highest BCUT2D eigenvalue weighted by Crippen LogP contribution is 2.22.